The summed E-state index contributed by atoms with van der Waals surface area (Å²) in [5, 5.41) is 3.63. The predicted octanol–water partition coefficient (Wildman–Crippen LogP) is 2.76. The smallest absolute Gasteiger partial charge is 0.161 e. The molecule has 0 amide bonds. The van der Waals surface area contributed by atoms with E-state index in [0.29, 0.717) is 28.9 Å². The minimum absolute atomic E-state index is 0.489. The SMILES string of the molecule is COc1ccc(CNc2ncncc2Cl)cc1OC. The molecule has 19 heavy (non-hydrogen) atoms. The Hall–Kier alpha value is -2.01. The topological polar surface area (TPSA) is 56.3 Å². The van der Waals surface area contributed by atoms with Gasteiger partial charge in [-0.15, -0.1) is 0 Å². The largest absolute Gasteiger partial charge is 0.493 e. The zero-order valence-electron chi connectivity index (χ0n) is 10.7. The number of rotatable bonds is 5. The first-order valence-electron chi connectivity index (χ1n) is 5.65. The molecule has 1 aromatic heterocycles. The van der Waals surface area contributed by atoms with Crippen LogP contribution in [0.15, 0.2) is 30.7 Å². The summed E-state index contributed by atoms with van der Waals surface area (Å²) < 4.78 is 10.4. The van der Waals surface area contributed by atoms with Crippen LogP contribution in [0.4, 0.5) is 5.82 Å². The second-order valence-corrected chi connectivity index (χ2v) is 4.17. The molecule has 0 aliphatic carbocycles. The lowest BCUT2D eigenvalue weighted by atomic mass is 10.2. The fourth-order valence-corrected chi connectivity index (χ4v) is 1.79. The highest BCUT2D eigenvalue weighted by Gasteiger charge is 2.05. The number of halogens is 1. The molecule has 100 valence electrons. The molecule has 1 heterocycles. The molecule has 0 aliphatic rings. The van der Waals surface area contributed by atoms with Crippen molar-refractivity contribution in [1.82, 2.24) is 9.97 Å². The number of anilines is 1. The molecule has 2 aromatic rings. The summed E-state index contributed by atoms with van der Waals surface area (Å²) in [6.45, 7) is 0.580. The molecule has 2 rings (SSSR count). The number of hydrogen-bond donors (Lipinski definition) is 1. The van der Waals surface area contributed by atoms with Crippen molar-refractivity contribution in [3.05, 3.63) is 41.3 Å². The maximum Gasteiger partial charge on any atom is 0.161 e. The quantitative estimate of drug-likeness (QED) is 0.912. The van der Waals surface area contributed by atoms with Crippen molar-refractivity contribution >= 4 is 17.4 Å². The molecular formula is C13H14ClN3O2. The summed E-state index contributed by atoms with van der Waals surface area (Å²) in [5.74, 6) is 1.99. The van der Waals surface area contributed by atoms with Crippen molar-refractivity contribution in [3.63, 3.8) is 0 Å². The van der Waals surface area contributed by atoms with Crippen LogP contribution in [-0.2, 0) is 6.54 Å². The van der Waals surface area contributed by atoms with E-state index in [9.17, 15) is 0 Å². The van der Waals surface area contributed by atoms with Gasteiger partial charge in [-0.25, -0.2) is 9.97 Å². The maximum absolute atomic E-state index is 5.96. The van der Waals surface area contributed by atoms with E-state index in [1.165, 1.54) is 6.33 Å². The molecule has 0 saturated heterocycles. The second-order valence-electron chi connectivity index (χ2n) is 3.76. The van der Waals surface area contributed by atoms with E-state index in [-0.39, 0.29) is 0 Å². The monoisotopic (exact) mass is 279 g/mol. The third-order valence-corrected chi connectivity index (χ3v) is 2.85. The number of nitrogens with zero attached hydrogens (tertiary/aromatic N) is 2. The second kappa shape index (κ2) is 6.24. The van der Waals surface area contributed by atoms with Crippen molar-refractivity contribution in [1.29, 1.82) is 0 Å². The minimum atomic E-state index is 0.489. The molecule has 0 radical (unpaired) electrons. The maximum atomic E-state index is 5.96. The molecule has 1 aromatic carbocycles. The van der Waals surface area contributed by atoms with Gasteiger partial charge in [0.15, 0.2) is 11.5 Å². The average Bonchev–Trinajstić information content (AvgIpc) is 2.46. The Balaban J connectivity index is 2.10. The molecule has 0 atom stereocenters. The van der Waals surface area contributed by atoms with Crippen molar-refractivity contribution in [2.24, 2.45) is 0 Å². The Morgan fingerprint density at radius 3 is 2.68 bits per heavy atom. The first-order valence-corrected chi connectivity index (χ1v) is 6.02. The molecule has 0 fully saturated rings. The Labute approximate surface area is 116 Å². The Morgan fingerprint density at radius 1 is 1.21 bits per heavy atom. The van der Waals surface area contributed by atoms with Crippen LogP contribution in [0.5, 0.6) is 11.5 Å². The third kappa shape index (κ3) is 3.26. The van der Waals surface area contributed by atoms with Crippen LogP contribution < -0.4 is 14.8 Å². The van der Waals surface area contributed by atoms with E-state index in [1.54, 1.807) is 20.4 Å². The standard InChI is InChI=1S/C13H14ClN3O2/c1-18-11-4-3-9(5-12(11)19-2)6-16-13-10(14)7-15-8-17-13/h3-5,7-8H,6H2,1-2H3,(H,15,16,17). The Bertz CT molecular complexity index is 563. The van der Waals surface area contributed by atoms with Crippen LogP contribution in [0, 0.1) is 0 Å². The number of nitrogens with one attached hydrogen (secondary N) is 1. The molecule has 0 spiro atoms. The van der Waals surface area contributed by atoms with Crippen LogP contribution in [0.2, 0.25) is 5.02 Å². The normalized spacial score (nSPS) is 10.1. The average molecular weight is 280 g/mol. The fraction of sp³-hybridized carbons (Fsp3) is 0.231. The van der Waals surface area contributed by atoms with E-state index in [4.69, 9.17) is 21.1 Å². The van der Waals surface area contributed by atoms with Crippen molar-refractivity contribution in [2.75, 3.05) is 19.5 Å². The van der Waals surface area contributed by atoms with Gasteiger partial charge in [0.1, 0.15) is 17.2 Å². The number of benzene rings is 1. The number of methoxy groups -OCH3 is 2. The van der Waals surface area contributed by atoms with Gasteiger partial charge in [-0.3, -0.25) is 0 Å². The zero-order chi connectivity index (χ0) is 13.7. The fourth-order valence-electron chi connectivity index (χ4n) is 1.62. The van der Waals surface area contributed by atoms with Gasteiger partial charge in [0.25, 0.3) is 0 Å². The molecular weight excluding hydrogens is 266 g/mol. The predicted molar refractivity (Wildman–Crippen MR) is 73.9 cm³/mol. The first-order chi connectivity index (χ1) is 9.24. The molecule has 6 heteroatoms. The van der Waals surface area contributed by atoms with Gasteiger partial charge in [0, 0.05) is 6.54 Å². The number of aromatic nitrogens is 2. The summed E-state index contributed by atoms with van der Waals surface area (Å²) in [4.78, 5) is 7.89. The number of hydrogen-bond acceptors (Lipinski definition) is 5. The van der Waals surface area contributed by atoms with Gasteiger partial charge in [0.05, 0.1) is 20.4 Å². The zero-order valence-corrected chi connectivity index (χ0v) is 11.4. The van der Waals surface area contributed by atoms with Crippen LogP contribution in [-0.4, -0.2) is 24.2 Å². The highest BCUT2D eigenvalue weighted by Crippen LogP contribution is 2.28. The van der Waals surface area contributed by atoms with Gasteiger partial charge < -0.3 is 14.8 Å². The lowest BCUT2D eigenvalue weighted by molar-refractivity contribution is 0.354. The third-order valence-electron chi connectivity index (χ3n) is 2.58. The van der Waals surface area contributed by atoms with Crippen molar-refractivity contribution in [3.8, 4) is 11.5 Å². The van der Waals surface area contributed by atoms with Crippen LogP contribution in [0.3, 0.4) is 0 Å². The summed E-state index contributed by atoms with van der Waals surface area (Å²) in [7, 11) is 3.22. The minimum Gasteiger partial charge on any atom is -0.493 e. The van der Waals surface area contributed by atoms with Gasteiger partial charge >= 0.3 is 0 Å². The van der Waals surface area contributed by atoms with Crippen molar-refractivity contribution < 1.29 is 9.47 Å². The lowest BCUT2D eigenvalue weighted by Crippen LogP contribution is -2.03. The van der Waals surface area contributed by atoms with E-state index >= 15 is 0 Å². The summed E-state index contributed by atoms with van der Waals surface area (Å²) in [6.07, 6.45) is 2.99. The van der Waals surface area contributed by atoms with E-state index in [0.717, 1.165) is 5.56 Å². The molecule has 0 unspecified atom stereocenters. The summed E-state index contributed by atoms with van der Waals surface area (Å²) in [6, 6.07) is 5.71. The van der Waals surface area contributed by atoms with Crippen LogP contribution in [0.25, 0.3) is 0 Å². The van der Waals surface area contributed by atoms with Gasteiger partial charge in [-0.1, -0.05) is 17.7 Å². The Morgan fingerprint density at radius 2 is 2.00 bits per heavy atom. The molecule has 0 saturated carbocycles. The van der Waals surface area contributed by atoms with E-state index in [1.807, 2.05) is 18.2 Å². The van der Waals surface area contributed by atoms with Crippen LogP contribution >= 0.6 is 11.6 Å². The molecule has 0 bridgehead atoms. The van der Waals surface area contributed by atoms with Gasteiger partial charge in [0.2, 0.25) is 0 Å². The van der Waals surface area contributed by atoms with Gasteiger partial charge in [-0.2, -0.15) is 0 Å². The summed E-state index contributed by atoms with van der Waals surface area (Å²) in [5.41, 5.74) is 1.03. The van der Waals surface area contributed by atoms with E-state index in [2.05, 4.69) is 15.3 Å². The summed E-state index contributed by atoms with van der Waals surface area (Å²) >= 11 is 5.96. The van der Waals surface area contributed by atoms with Gasteiger partial charge in [-0.05, 0) is 17.7 Å². The Kier molecular flexibility index (Phi) is 4.41. The molecule has 1 N–H and O–H groups in total. The highest BCUT2D eigenvalue weighted by molar-refractivity contribution is 6.32. The molecule has 5 nitrogen and oxygen atoms in total. The first kappa shape index (κ1) is 13.4. The van der Waals surface area contributed by atoms with E-state index < -0.39 is 0 Å². The molecule has 0 aliphatic heterocycles. The number of ether oxygens (including phenoxy) is 2. The van der Waals surface area contributed by atoms with Crippen molar-refractivity contribution in [2.45, 2.75) is 6.54 Å². The van der Waals surface area contributed by atoms with Crippen LogP contribution in [0.1, 0.15) is 5.56 Å². The highest BCUT2D eigenvalue weighted by atomic mass is 35.5. The lowest BCUT2D eigenvalue weighted by Gasteiger charge is -2.11.